The summed E-state index contributed by atoms with van der Waals surface area (Å²) in [6.45, 7) is 15.0. The molecule has 0 aliphatic carbocycles. The van der Waals surface area contributed by atoms with E-state index in [0.29, 0.717) is 11.5 Å². The summed E-state index contributed by atoms with van der Waals surface area (Å²) in [5, 5.41) is 6.16. The van der Waals surface area contributed by atoms with Gasteiger partial charge >= 0.3 is 0 Å². The summed E-state index contributed by atoms with van der Waals surface area (Å²) in [5.41, 5.74) is 8.53. The zero-order valence-corrected chi connectivity index (χ0v) is 27.2. The van der Waals surface area contributed by atoms with Crippen molar-refractivity contribution in [2.45, 2.75) is 47.0 Å². The zero-order chi connectivity index (χ0) is 28.9. The van der Waals surface area contributed by atoms with Gasteiger partial charge in [-0.25, -0.2) is 9.67 Å². The van der Waals surface area contributed by atoms with Gasteiger partial charge in [0.2, 0.25) is 0 Å². The first-order chi connectivity index (χ1) is 19.6. The molecule has 6 nitrogen and oxygen atoms in total. The molecule has 0 bridgehead atoms. The first-order valence-corrected chi connectivity index (χ1v) is 13.8. The van der Waals surface area contributed by atoms with E-state index < -0.39 is 0 Å². The molecule has 6 rings (SSSR count). The van der Waals surface area contributed by atoms with Crippen molar-refractivity contribution in [3.63, 3.8) is 0 Å². The molecule has 2 aromatic heterocycles. The molecule has 0 saturated carbocycles. The van der Waals surface area contributed by atoms with Crippen molar-refractivity contribution < 1.29 is 25.8 Å². The SMILES string of the molecule is Cc1cc(C)c(-c2nn(-c3cc(C(C)(C)C)ccn3)c3[c-]c(Oc4[c-]c(N5C=CN(C)[CH-]5)ccc4)ccc23)c(C)c1.[Pt]. The van der Waals surface area contributed by atoms with E-state index >= 15 is 0 Å². The fourth-order valence-electron chi connectivity index (χ4n) is 5.35. The molecule has 1 aliphatic rings. The Labute approximate surface area is 262 Å². The van der Waals surface area contributed by atoms with Gasteiger partial charge in [0, 0.05) is 44.5 Å². The van der Waals surface area contributed by atoms with Gasteiger partial charge < -0.3 is 14.5 Å². The van der Waals surface area contributed by atoms with Gasteiger partial charge in [-0.3, -0.25) is 0 Å². The first kappa shape index (κ1) is 29.6. The van der Waals surface area contributed by atoms with Gasteiger partial charge in [0.25, 0.3) is 0 Å². The molecule has 0 N–H and O–H groups in total. The quantitative estimate of drug-likeness (QED) is 0.171. The van der Waals surface area contributed by atoms with Crippen molar-refractivity contribution in [2.24, 2.45) is 0 Å². The van der Waals surface area contributed by atoms with Crippen LogP contribution in [0, 0.1) is 39.6 Å². The number of ether oxygens (including phenoxy) is 1. The van der Waals surface area contributed by atoms with Gasteiger partial charge in [-0.05, 0) is 85.5 Å². The van der Waals surface area contributed by atoms with Crippen molar-refractivity contribution in [2.75, 3.05) is 11.9 Å². The average Bonchev–Trinajstić information content (AvgIpc) is 3.52. The summed E-state index contributed by atoms with van der Waals surface area (Å²) >= 11 is 0. The van der Waals surface area contributed by atoms with E-state index in [-0.39, 0.29) is 26.5 Å². The number of aryl methyl sites for hydroxylation is 3. The number of pyridine rings is 1. The minimum absolute atomic E-state index is 0. The van der Waals surface area contributed by atoms with E-state index in [0.717, 1.165) is 33.7 Å². The van der Waals surface area contributed by atoms with Crippen LogP contribution in [0.4, 0.5) is 5.69 Å². The second kappa shape index (κ2) is 11.4. The van der Waals surface area contributed by atoms with Crippen LogP contribution in [0.15, 0.2) is 73.2 Å². The Hall–Kier alpha value is -3.89. The van der Waals surface area contributed by atoms with Crippen LogP contribution in [0.25, 0.3) is 28.0 Å². The maximum absolute atomic E-state index is 6.31. The van der Waals surface area contributed by atoms with Crippen molar-refractivity contribution in [1.29, 1.82) is 0 Å². The van der Waals surface area contributed by atoms with Gasteiger partial charge in [-0.15, -0.1) is 36.0 Å². The summed E-state index contributed by atoms with van der Waals surface area (Å²) < 4.78 is 8.20. The predicted octanol–water partition coefficient (Wildman–Crippen LogP) is 8.04. The van der Waals surface area contributed by atoms with Crippen LogP contribution in [-0.2, 0) is 26.5 Å². The Morgan fingerprint density at radius 3 is 2.31 bits per heavy atom. The zero-order valence-electron chi connectivity index (χ0n) is 25.0. The molecule has 0 spiro atoms. The Morgan fingerprint density at radius 1 is 0.881 bits per heavy atom. The molecule has 0 unspecified atom stereocenters. The monoisotopic (exact) mass is 735 g/mol. The normalized spacial score (nSPS) is 13.1. The van der Waals surface area contributed by atoms with Crippen molar-refractivity contribution in [1.82, 2.24) is 19.7 Å². The third kappa shape index (κ3) is 5.73. The van der Waals surface area contributed by atoms with Crippen molar-refractivity contribution in [3.8, 4) is 28.6 Å². The number of rotatable bonds is 5. The van der Waals surface area contributed by atoms with Crippen LogP contribution in [0.1, 0.15) is 43.0 Å². The van der Waals surface area contributed by atoms with Crippen molar-refractivity contribution >= 4 is 16.6 Å². The molecule has 0 fully saturated rings. The summed E-state index contributed by atoms with van der Waals surface area (Å²) in [4.78, 5) is 8.72. The predicted molar refractivity (Wildman–Crippen MR) is 165 cm³/mol. The Balaban J connectivity index is 0.00000353. The minimum atomic E-state index is -0.0246. The van der Waals surface area contributed by atoms with Crippen LogP contribution in [0.2, 0.25) is 0 Å². The maximum Gasteiger partial charge on any atom is 0.151 e. The van der Waals surface area contributed by atoms with Crippen LogP contribution in [0.5, 0.6) is 11.5 Å². The summed E-state index contributed by atoms with van der Waals surface area (Å²) in [7, 11) is 1.99. The van der Waals surface area contributed by atoms with Crippen LogP contribution < -0.4 is 9.64 Å². The molecule has 5 aromatic rings. The number of aromatic nitrogens is 3. The number of hydrogen-bond donors (Lipinski definition) is 0. The third-order valence-corrected chi connectivity index (χ3v) is 7.33. The van der Waals surface area contributed by atoms with E-state index in [9.17, 15) is 0 Å². The molecule has 0 radical (unpaired) electrons. The second-order valence-corrected chi connectivity index (χ2v) is 11.8. The third-order valence-electron chi connectivity index (χ3n) is 7.33. The number of fused-ring (bicyclic) bond motifs is 1. The summed E-state index contributed by atoms with van der Waals surface area (Å²) in [6.07, 6.45) is 5.83. The maximum atomic E-state index is 6.31. The largest absolute Gasteiger partial charge is 0.510 e. The molecule has 218 valence electrons. The molecule has 0 atom stereocenters. The molecule has 42 heavy (non-hydrogen) atoms. The van der Waals surface area contributed by atoms with E-state index in [1.807, 2.05) is 71.1 Å². The van der Waals surface area contributed by atoms with Crippen LogP contribution in [0.3, 0.4) is 0 Å². The fraction of sp³-hybridized carbons (Fsp3) is 0.229. The standard InChI is InChI=1S/C35H34N5O.Pt/c1-23-17-24(2)33(25(3)18-23)34-30-12-11-29(41-28-10-8-9-27(20-28)39-16-15-38(7)22-39)21-31(30)40(37-34)32-19-26(13-14-36-32)35(4,5)6;/h8-19,22H,1-7H3;/q-3;. The molecule has 0 amide bonds. The molecule has 3 aromatic carbocycles. The van der Waals surface area contributed by atoms with E-state index in [1.54, 1.807) is 0 Å². The average molecular weight is 736 g/mol. The molecule has 1 aliphatic heterocycles. The second-order valence-electron chi connectivity index (χ2n) is 11.8. The summed E-state index contributed by atoms with van der Waals surface area (Å²) in [6, 6.07) is 25.4. The molecular weight excluding hydrogens is 701 g/mol. The topological polar surface area (TPSA) is 46.4 Å². The minimum Gasteiger partial charge on any atom is -0.510 e. The number of hydrogen-bond acceptors (Lipinski definition) is 5. The van der Waals surface area contributed by atoms with E-state index in [2.05, 4.69) is 84.0 Å². The smallest absolute Gasteiger partial charge is 0.151 e. The van der Waals surface area contributed by atoms with Crippen molar-refractivity contribution in [3.05, 3.63) is 114 Å². The van der Waals surface area contributed by atoms with Crippen LogP contribution in [-0.4, -0.2) is 26.7 Å². The first-order valence-electron chi connectivity index (χ1n) is 13.8. The van der Waals surface area contributed by atoms with Gasteiger partial charge in [-0.1, -0.05) is 43.9 Å². The fourth-order valence-corrected chi connectivity index (χ4v) is 5.35. The van der Waals surface area contributed by atoms with E-state index in [4.69, 9.17) is 14.8 Å². The van der Waals surface area contributed by atoms with Crippen LogP contribution >= 0.6 is 0 Å². The molecular formula is C35H34N5OPt-3. The van der Waals surface area contributed by atoms with Gasteiger partial charge in [-0.2, -0.15) is 23.9 Å². The van der Waals surface area contributed by atoms with Gasteiger partial charge in [0.05, 0.1) is 0 Å². The molecule has 7 heteroatoms. The number of anilines is 1. The Bertz CT molecular complexity index is 1780. The molecule has 0 saturated heterocycles. The summed E-state index contributed by atoms with van der Waals surface area (Å²) in [5.74, 6) is 1.94. The Morgan fingerprint density at radius 2 is 1.62 bits per heavy atom. The van der Waals surface area contributed by atoms with E-state index in [1.165, 1.54) is 22.3 Å². The Kier molecular flexibility index (Phi) is 8.04. The number of nitrogens with zero attached hydrogens (tertiary/aromatic N) is 5. The number of benzene rings is 3. The van der Waals surface area contributed by atoms with Gasteiger partial charge in [0.15, 0.2) is 5.82 Å². The van der Waals surface area contributed by atoms with Gasteiger partial charge in [0.1, 0.15) is 0 Å². The molecule has 3 heterocycles.